The Bertz CT molecular complexity index is 260. The van der Waals surface area contributed by atoms with E-state index in [1.165, 1.54) is 0 Å². The summed E-state index contributed by atoms with van der Waals surface area (Å²) in [6.07, 6.45) is 0.611. The molecule has 0 bridgehead atoms. The van der Waals surface area contributed by atoms with Gasteiger partial charge in [0.05, 0.1) is 0 Å². The minimum Gasteiger partial charge on any atom is -0.337 e. The molecule has 2 nitrogen and oxygen atoms in total. The zero-order valence-electron chi connectivity index (χ0n) is 13.3. The number of carbonyl (C=O) groups is 1. The van der Waals surface area contributed by atoms with Crippen LogP contribution >= 0.6 is 0 Å². The summed E-state index contributed by atoms with van der Waals surface area (Å²) in [7, 11) is 0. The van der Waals surface area contributed by atoms with E-state index < -0.39 is 0 Å². The summed E-state index contributed by atoms with van der Waals surface area (Å²) in [5.74, 6) is 0.264. The van der Waals surface area contributed by atoms with Crippen LogP contribution in [0.25, 0.3) is 0 Å². The third-order valence-electron chi connectivity index (χ3n) is 2.42. The Morgan fingerprint density at radius 2 is 1.24 bits per heavy atom. The molecule has 0 unspecified atom stereocenters. The van der Waals surface area contributed by atoms with Crippen LogP contribution in [0.1, 0.15) is 68.7 Å². The lowest BCUT2D eigenvalue weighted by atomic mass is 9.88. The van der Waals surface area contributed by atoms with Crippen molar-refractivity contribution in [3.05, 3.63) is 0 Å². The van der Waals surface area contributed by atoms with Gasteiger partial charge in [-0.15, -0.1) is 0 Å². The van der Waals surface area contributed by atoms with Gasteiger partial charge in [0.2, 0.25) is 5.91 Å². The van der Waals surface area contributed by atoms with Gasteiger partial charge in [0.25, 0.3) is 0 Å². The molecular weight excluding hydrogens is 210 g/mol. The zero-order chi connectivity index (χ0) is 14.1. The number of hydrogen-bond donors (Lipinski definition) is 0. The third-order valence-corrected chi connectivity index (χ3v) is 2.42. The van der Waals surface area contributed by atoms with Crippen molar-refractivity contribution in [1.82, 2.24) is 4.90 Å². The fourth-order valence-corrected chi connectivity index (χ4v) is 1.72. The molecule has 0 saturated heterocycles. The SMILES string of the molecule is CC(C)(C)CC(=O)N(CC(C)(C)C)C(C)(C)C. The van der Waals surface area contributed by atoms with Crippen molar-refractivity contribution >= 4 is 5.91 Å². The first kappa shape index (κ1) is 16.5. The van der Waals surface area contributed by atoms with Gasteiger partial charge in [0, 0.05) is 18.5 Å². The zero-order valence-corrected chi connectivity index (χ0v) is 13.3. The second-order valence-corrected chi connectivity index (χ2v) is 8.45. The average Bonchev–Trinajstić information content (AvgIpc) is 1.92. The molecule has 0 N–H and O–H groups in total. The van der Waals surface area contributed by atoms with Crippen LogP contribution in [0, 0.1) is 10.8 Å². The molecule has 0 spiro atoms. The monoisotopic (exact) mass is 241 g/mol. The molecule has 0 aromatic carbocycles. The van der Waals surface area contributed by atoms with Crippen molar-refractivity contribution in [3.63, 3.8) is 0 Å². The highest BCUT2D eigenvalue weighted by Crippen LogP contribution is 2.27. The molecule has 102 valence electrons. The lowest BCUT2D eigenvalue weighted by Crippen LogP contribution is -2.50. The summed E-state index contributed by atoms with van der Waals surface area (Å²) in [6.45, 7) is 20.0. The van der Waals surface area contributed by atoms with Crippen LogP contribution in [0.3, 0.4) is 0 Å². The fraction of sp³-hybridized carbons (Fsp3) is 0.933. The van der Waals surface area contributed by atoms with E-state index in [1.54, 1.807) is 0 Å². The van der Waals surface area contributed by atoms with Crippen LogP contribution < -0.4 is 0 Å². The van der Waals surface area contributed by atoms with Gasteiger partial charge in [-0.3, -0.25) is 4.79 Å². The molecule has 0 aliphatic rings. The number of hydrogen-bond acceptors (Lipinski definition) is 1. The quantitative estimate of drug-likeness (QED) is 0.713. The van der Waals surface area contributed by atoms with Crippen LogP contribution in [0.4, 0.5) is 0 Å². The highest BCUT2D eigenvalue weighted by atomic mass is 16.2. The molecule has 0 rings (SSSR count). The first-order valence-electron chi connectivity index (χ1n) is 6.53. The highest BCUT2D eigenvalue weighted by molar-refractivity contribution is 5.77. The molecule has 2 heteroatoms. The van der Waals surface area contributed by atoms with Crippen LogP contribution in [-0.2, 0) is 4.79 Å². The second kappa shape index (κ2) is 4.99. The molecule has 0 aromatic heterocycles. The molecule has 1 amide bonds. The average molecular weight is 241 g/mol. The molecule has 0 saturated carbocycles. The summed E-state index contributed by atoms with van der Waals surface area (Å²) in [5, 5.41) is 0. The van der Waals surface area contributed by atoms with E-state index in [-0.39, 0.29) is 22.3 Å². The van der Waals surface area contributed by atoms with E-state index >= 15 is 0 Å². The number of amides is 1. The Labute approximate surface area is 108 Å². The van der Waals surface area contributed by atoms with Crippen LogP contribution in [0.2, 0.25) is 0 Å². The van der Waals surface area contributed by atoms with Gasteiger partial charge < -0.3 is 4.90 Å². The van der Waals surface area contributed by atoms with Crippen LogP contribution in [0.5, 0.6) is 0 Å². The summed E-state index contributed by atoms with van der Waals surface area (Å²) in [5.41, 5.74) is 0.0922. The van der Waals surface area contributed by atoms with Crippen molar-refractivity contribution in [2.45, 2.75) is 74.3 Å². The van der Waals surface area contributed by atoms with Gasteiger partial charge in [-0.25, -0.2) is 0 Å². The molecule has 0 aromatic rings. The van der Waals surface area contributed by atoms with Crippen molar-refractivity contribution in [3.8, 4) is 0 Å². The normalized spacial score (nSPS) is 13.7. The van der Waals surface area contributed by atoms with Crippen LogP contribution in [-0.4, -0.2) is 22.9 Å². The highest BCUT2D eigenvalue weighted by Gasteiger charge is 2.31. The van der Waals surface area contributed by atoms with E-state index in [9.17, 15) is 4.79 Å². The molecule has 0 fully saturated rings. The van der Waals surface area contributed by atoms with E-state index in [4.69, 9.17) is 0 Å². The molecule has 0 aliphatic heterocycles. The summed E-state index contributed by atoms with van der Waals surface area (Å²) < 4.78 is 0. The Kier molecular flexibility index (Phi) is 4.84. The van der Waals surface area contributed by atoms with Crippen molar-refractivity contribution in [2.24, 2.45) is 10.8 Å². The minimum absolute atomic E-state index is 0.0540. The van der Waals surface area contributed by atoms with E-state index in [2.05, 4.69) is 62.3 Å². The van der Waals surface area contributed by atoms with Gasteiger partial charge in [0.1, 0.15) is 0 Å². The van der Waals surface area contributed by atoms with Gasteiger partial charge >= 0.3 is 0 Å². The van der Waals surface area contributed by atoms with E-state index in [1.807, 2.05) is 4.90 Å². The molecule has 0 atom stereocenters. The fourth-order valence-electron chi connectivity index (χ4n) is 1.72. The largest absolute Gasteiger partial charge is 0.337 e. The minimum atomic E-state index is -0.102. The first-order valence-corrected chi connectivity index (χ1v) is 6.53. The van der Waals surface area contributed by atoms with Crippen molar-refractivity contribution in [2.75, 3.05) is 6.54 Å². The van der Waals surface area contributed by atoms with E-state index in [0.29, 0.717) is 6.42 Å². The molecule has 0 heterocycles. The molecule has 0 aliphatic carbocycles. The maximum absolute atomic E-state index is 12.4. The first-order chi connectivity index (χ1) is 7.22. The number of nitrogens with zero attached hydrogens (tertiary/aromatic N) is 1. The van der Waals surface area contributed by atoms with Gasteiger partial charge in [0.15, 0.2) is 0 Å². The Balaban J connectivity index is 4.90. The summed E-state index contributed by atoms with van der Waals surface area (Å²) in [4.78, 5) is 14.4. The standard InChI is InChI=1S/C15H31NO/c1-13(2,3)10-12(17)16(15(7,8)9)11-14(4,5)6/h10-11H2,1-9H3. The Hall–Kier alpha value is -0.530. The van der Waals surface area contributed by atoms with Crippen molar-refractivity contribution < 1.29 is 4.79 Å². The predicted molar refractivity (Wildman–Crippen MR) is 75.0 cm³/mol. The number of carbonyl (C=O) groups excluding carboxylic acids is 1. The van der Waals surface area contributed by atoms with Crippen LogP contribution in [0.15, 0.2) is 0 Å². The second-order valence-electron chi connectivity index (χ2n) is 8.45. The van der Waals surface area contributed by atoms with Crippen molar-refractivity contribution in [1.29, 1.82) is 0 Å². The third kappa shape index (κ3) is 7.40. The maximum atomic E-state index is 12.4. The lowest BCUT2D eigenvalue weighted by Gasteiger charge is -2.41. The molecule has 0 radical (unpaired) electrons. The molecular formula is C15H31NO. The summed E-state index contributed by atoms with van der Waals surface area (Å²) >= 11 is 0. The predicted octanol–water partition coefficient (Wildman–Crippen LogP) is 4.10. The Morgan fingerprint density at radius 1 is 0.824 bits per heavy atom. The number of rotatable bonds is 2. The molecule has 17 heavy (non-hydrogen) atoms. The smallest absolute Gasteiger partial charge is 0.223 e. The maximum Gasteiger partial charge on any atom is 0.223 e. The van der Waals surface area contributed by atoms with E-state index in [0.717, 1.165) is 6.54 Å². The Morgan fingerprint density at radius 3 is 1.47 bits per heavy atom. The van der Waals surface area contributed by atoms with Gasteiger partial charge in [-0.05, 0) is 31.6 Å². The topological polar surface area (TPSA) is 20.3 Å². The van der Waals surface area contributed by atoms with Gasteiger partial charge in [-0.2, -0.15) is 0 Å². The van der Waals surface area contributed by atoms with Gasteiger partial charge in [-0.1, -0.05) is 41.5 Å². The summed E-state index contributed by atoms with van der Waals surface area (Å²) in [6, 6.07) is 0. The lowest BCUT2D eigenvalue weighted by molar-refractivity contribution is -0.139.